The zero-order valence-electron chi connectivity index (χ0n) is 14.9. The summed E-state index contributed by atoms with van der Waals surface area (Å²) in [5.41, 5.74) is 2.71. The molecular weight excluding hydrogens is 330 g/mol. The molecule has 0 saturated carbocycles. The van der Waals surface area contributed by atoms with Crippen molar-refractivity contribution >= 4 is 17.6 Å². The first-order valence-corrected chi connectivity index (χ1v) is 10.2. The largest absolute Gasteiger partial charge is 0.493 e. The van der Waals surface area contributed by atoms with Crippen LogP contribution < -0.4 is 9.64 Å². The Hall–Kier alpha value is -1.72. The molecule has 25 heavy (non-hydrogen) atoms. The van der Waals surface area contributed by atoms with E-state index in [2.05, 4.69) is 58.3 Å². The number of hydrogen-bond donors (Lipinski definition) is 0. The summed E-state index contributed by atoms with van der Waals surface area (Å²) in [7, 11) is 0. The maximum atomic E-state index is 5.73. The van der Waals surface area contributed by atoms with Gasteiger partial charge in [0.2, 0.25) is 0 Å². The van der Waals surface area contributed by atoms with Gasteiger partial charge >= 0.3 is 0 Å². The second-order valence-electron chi connectivity index (χ2n) is 6.72. The summed E-state index contributed by atoms with van der Waals surface area (Å²) in [5, 5.41) is 0. The van der Waals surface area contributed by atoms with Crippen molar-refractivity contribution < 1.29 is 4.74 Å². The van der Waals surface area contributed by atoms with Gasteiger partial charge in [0, 0.05) is 49.7 Å². The van der Waals surface area contributed by atoms with E-state index in [0.717, 1.165) is 50.8 Å². The third-order valence-electron chi connectivity index (χ3n) is 5.35. The molecule has 1 fully saturated rings. The van der Waals surface area contributed by atoms with E-state index in [1.807, 2.05) is 6.20 Å². The molecule has 0 bridgehead atoms. The highest BCUT2D eigenvalue weighted by Gasteiger charge is 2.24. The third kappa shape index (κ3) is 3.48. The number of pyridine rings is 1. The lowest BCUT2D eigenvalue weighted by atomic mass is 10.0. The van der Waals surface area contributed by atoms with Gasteiger partial charge in [-0.25, -0.2) is 4.98 Å². The van der Waals surface area contributed by atoms with Gasteiger partial charge in [0.25, 0.3) is 0 Å². The maximum Gasteiger partial charge on any atom is 0.128 e. The smallest absolute Gasteiger partial charge is 0.128 e. The van der Waals surface area contributed by atoms with Crippen LogP contribution in [0.5, 0.6) is 5.75 Å². The van der Waals surface area contributed by atoms with Gasteiger partial charge in [0.1, 0.15) is 11.6 Å². The number of ether oxygens (including phenoxy) is 1. The number of benzene rings is 1. The van der Waals surface area contributed by atoms with E-state index < -0.39 is 0 Å². The minimum Gasteiger partial charge on any atom is -0.493 e. The van der Waals surface area contributed by atoms with Crippen molar-refractivity contribution in [1.82, 2.24) is 9.88 Å². The van der Waals surface area contributed by atoms with Crippen LogP contribution in [0.15, 0.2) is 41.4 Å². The molecule has 0 spiro atoms. The Kier molecular flexibility index (Phi) is 4.86. The van der Waals surface area contributed by atoms with Gasteiger partial charge in [-0.1, -0.05) is 12.1 Å². The molecule has 1 aromatic carbocycles. The highest BCUT2D eigenvalue weighted by Crippen LogP contribution is 2.31. The van der Waals surface area contributed by atoms with E-state index in [1.165, 1.54) is 16.0 Å². The van der Waals surface area contributed by atoms with E-state index >= 15 is 0 Å². The lowest BCUT2D eigenvalue weighted by molar-refractivity contribution is 0.198. The quantitative estimate of drug-likeness (QED) is 0.781. The molecule has 132 valence electrons. The van der Waals surface area contributed by atoms with Crippen molar-refractivity contribution in [3.8, 4) is 5.75 Å². The molecule has 4 rings (SSSR count). The van der Waals surface area contributed by atoms with Crippen molar-refractivity contribution in [2.45, 2.75) is 24.3 Å². The van der Waals surface area contributed by atoms with Gasteiger partial charge in [-0.05, 0) is 42.5 Å². The lowest BCUT2D eigenvalue weighted by Crippen LogP contribution is -2.47. The highest BCUT2D eigenvalue weighted by atomic mass is 32.2. The Bertz CT molecular complexity index is 726. The maximum absolute atomic E-state index is 5.73. The predicted octanol–water partition coefficient (Wildman–Crippen LogP) is 3.62. The molecule has 0 aliphatic carbocycles. The number of fused-ring (bicyclic) bond motifs is 1. The number of hydrogen-bond acceptors (Lipinski definition) is 5. The Labute approximate surface area is 154 Å². The van der Waals surface area contributed by atoms with Crippen LogP contribution >= 0.6 is 11.8 Å². The molecule has 1 atom stereocenters. The van der Waals surface area contributed by atoms with Crippen LogP contribution in [0.2, 0.25) is 0 Å². The van der Waals surface area contributed by atoms with Crippen LogP contribution in [0.25, 0.3) is 0 Å². The summed E-state index contributed by atoms with van der Waals surface area (Å²) < 4.78 is 5.73. The standard InChI is InChI=1S/C20H25N3OS/c1-15(17-4-3-16-7-12-24-19(16)13-17)22-8-10-23(11-9-22)20-6-5-18(25-2)14-21-20/h3-6,13-15H,7-12H2,1-2H3. The summed E-state index contributed by atoms with van der Waals surface area (Å²) in [4.78, 5) is 10.8. The van der Waals surface area contributed by atoms with Gasteiger partial charge in [-0.2, -0.15) is 0 Å². The Morgan fingerprint density at radius 3 is 2.68 bits per heavy atom. The zero-order valence-corrected chi connectivity index (χ0v) is 15.8. The van der Waals surface area contributed by atoms with Crippen LogP contribution in [0.4, 0.5) is 5.82 Å². The van der Waals surface area contributed by atoms with Crippen LogP contribution in [0.3, 0.4) is 0 Å². The number of anilines is 1. The van der Waals surface area contributed by atoms with Gasteiger partial charge in [-0.3, -0.25) is 4.90 Å². The molecule has 3 heterocycles. The molecule has 0 N–H and O–H groups in total. The Morgan fingerprint density at radius 2 is 1.96 bits per heavy atom. The lowest BCUT2D eigenvalue weighted by Gasteiger charge is -2.38. The van der Waals surface area contributed by atoms with Gasteiger partial charge in [0.15, 0.2) is 0 Å². The first-order chi connectivity index (χ1) is 12.2. The fourth-order valence-corrected chi connectivity index (χ4v) is 4.03. The molecule has 1 saturated heterocycles. The molecular formula is C20H25N3OS. The highest BCUT2D eigenvalue weighted by molar-refractivity contribution is 7.98. The van der Waals surface area contributed by atoms with E-state index in [0.29, 0.717) is 6.04 Å². The summed E-state index contributed by atoms with van der Waals surface area (Å²) in [5.74, 6) is 2.18. The molecule has 2 aliphatic heterocycles. The normalized spacial score (nSPS) is 18.7. The van der Waals surface area contributed by atoms with E-state index in [9.17, 15) is 0 Å². The van der Waals surface area contributed by atoms with Gasteiger partial charge in [0.05, 0.1) is 6.61 Å². The SMILES string of the molecule is CSc1ccc(N2CCN(C(C)c3ccc4c(c3)OCC4)CC2)nc1. The van der Waals surface area contributed by atoms with Crippen molar-refractivity contribution in [3.05, 3.63) is 47.7 Å². The van der Waals surface area contributed by atoms with E-state index in [4.69, 9.17) is 4.74 Å². The molecule has 2 aliphatic rings. The molecule has 0 radical (unpaired) electrons. The van der Waals surface area contributed by atoms with Crippen LogP contribution in [0, 0.1) is 0 Å². The number of nitrogens with zero attached hydrogens (tertiary/aromatic N) is 3. The van der Waals surface area contributed by atoms with Gasteiger partial charge in [-0.15, -0.1) is 11.8 Å². The van der Waals surface area contributed by atoms with Crippen molar-refractivity contribution in [3.63, 3.8) is 0 Å². The topological polar surface area (TPSA) is 28.6 Å². The minimum absolute atomic E-state index is 0.420. The molecule has 5 heteroatoms. The fraction of sp³-hybridized carbons (Fsp3) is 0.450. The summed E-state index contributed by atoms with van der Waals surface area (Å²) in [6.07, 6.45) is 5.10. The first kappa shape index (κ1) is 16.7. The molecule has 4 nitrogen and oxygen atoms in total. The Morgan fingerprint density at radius 1 is 1.12 bits per heavy atom. The van der Waals surface area contributed by atoms with Crippen molar-refractivity contribution in [1.29, 1.82) is 0 Å². The average molecular weight is 356 g/mol. The van der Waals surface area contributed by atoms with Crippen molar-refractivity contribution in [2.24, 2.45) is 0 Å². The minimum atomic E-state index is 0.420. The molecule has 1 unspecified atom stereocenters. The number of thioether (sulfide) groups is 1. The fourth-order valence-electron chi connectivity index (χ4n) is 3.67. The summed E-state index contributed by atoms with van der Waals surface area (Å²) in [6.45, 7) is 7.30. The van der Waals surface area contributed by atoms with Crippen LogP contribution in [-0.4, -0.2) is 48.9 Å². The predicted molar refractivity (Wildman–Crippen MR) is 104 cm³/mol. The first-order valence-electron chi connectivity index (χ1n) is 8.99. The monoisotopic (exact) mass is 355 g/mol. The van der Waals surface area contributed by atoms with Crippen molar-refractivity contribution in [2.75, 3.05) is 43.9 Å². The number of rotatable bonds is 4. The Balaban J connectivity index is 1.39. The second-order valence-corrected chi connectivity index (χ2v) is 7.60. The van der Waals surface area contributed by atoms with E-state index in [-0.39, 0.29) is 0 Å². The third-order valence-corrected chi connectivity index (χ3v) is 6.06. The zero-order chi connectivity index (χ0) is 17.2. The second kappa shape index (κ2) is 7.26. The van der Waals surface area contributed by atoms with E-state index in [1.54, 1.807) is 11.8 Å². The average Bonchev–Trinajstić information content (AvgIpc) is 3.15. The number of piperazine rings is 1. The molecule has 2 aromatic rings. The molecule has 0 amide bonds. The summed E-state index contributed by atoms with van der Waals surface area (Å²) >= 11 is 1.73. The van der Waals surface area contributed by atoms with Crippen LogP contribution in [-0.2, 0) is 6.42 Å². The number of aromatic nitrogens is 1. The van der Waals surface area contributed by atoms with Gasteiger partial charge < -0.3 is 9.64 Å². The molecule has 1 aromatic heterocycles. The summed E-state index contributed by atoms with van der Waals surface area (Å²) in [6, 6.07) is 11.5. The van der Waals surface area contributed by atoms with Crippen LogP contribution in [0.1, 0.15) is 24.1 Å².